The van der Waals surface area contributed by atoms with Crippen molar-refractivity contribution >= 4 is 5.91 Å². The first-order valence-corrected chi connectivity index (χ1v) is 7.71. The Balaban J connectivity index is 1.49. The van der Waals surface area contributed by atoms with Gasteiger partial charge in [-0.25, -0.2) is 0 Å². The molecular weight excluding hydrogens is 250 g/mol. The van der Waals surface area contributed by atoms with E-state index >= 15 is 0 Å². The van der Waals surface area contributed by atoms with Crippen LogP contribution in [0.4, 0.5) is 0 Å². The molecule has 1 saturated carbocycles. The lowest BCUT2D eigenvalue weighted by Crippen LogP contribution is -2.39. The minimum absolute atomic E-state index is 0.167. The summed E-state index contributed by atoms with van der Waals surface area (Å²) >= 11 is 0. The van der Waals surface area contributed by atoms with Gasteiger partial charge in [-0.15, -0.1) is 0 Å². The predicted octanol–water partition coefficient (Wildman–Crippen LogP) is 2.02. The summed E-state index contributed by atoms with van der Waals surface area (Å²) in [7, 11) is 0. The van der Waals surface area contributed by atoms with E-state index in [2.05, 4.69) is 31.2 Å². The van der Waals surface area contributed by atoms with Crippen molar-refractivity contribution in [1.29, 1.82) is 0 Å². The summed E-state index contributed by atoms with van der Waals surface area (Å²) in [6.45, 7) is 3.77. The van der Waals surface area contributed by atoms with Gasteiger partial charge in [-0.1, -0.05) is 31.2 Å². The number of aryl methyl sites for hydroxylation is 2. The summed E-state index contributed by atoms with van der Waals surface area (Å²) in [6, 6.07) is 8.55. The highest BCUT2D eigenvalue weighted by Gasteiger charge is 2.47. The Hall–Kier alpha value is -1.35. The average molecular weight is 273 g/mol. The number of aliphatic hydroxyl groups is 1. The number of carbonyl (C=O) groups excluding carboxylic acids is 1. The van der Waals surface area contributed by atoms with Crippen LogP contribution in [0.15, 0.2) is 24.3 Å². The molecule has 3 heteroatoms. The smallest absolute Gasteiger partial charge is 0.222 e. The Kier molecular flexibility index (Phi) is 3.79. The van der Waals surface area contributed by atoms with Crippen LogP contribution in [-0.2, 0) is 17.6 Å². The van der Waals surface area contributed by atoms with E-state index in [4.69, 9.17) is 0 Å². The van der Waals surface area contributed by atoms with Gasteiger partial charge in [0, 0.05) is 25.4 Å². The molecule has 0 radical (unpaired) electrons. The average Bonchev–Trinajstić information content (AvgIpc) is 2.82. The van der Waals surface area contributed by atoms with Crippen LogP contribution < -0.4 is 0 Å². The second-order valence-corrected chi connectivity index (χ2v) is 6.20. The van der Waals surface area contributed by atoms with Crippen LogP contribution in [0, 0.1) is 11.8 Å². The van der Waals surface area contributed by atoms with Crippen molar-refractivity contribution in [3.05, 3.63) is 35.4 Å². The van der Waals surface area contributed by atoms with Gasteiger partial charge in [-0.2, -0.15) is 0 Å². The predicted molar refractivity (Wildman–Crippen MR) is 78.3 cm³/mol. The number of aliphatic hydroxyl groups excluding tert-OH is 1. The van der Waals surface area contributed by atoms with Crippen molar-refractivity contribution in [1.82, 2.24) is 4.90 Å². The molecule has 3 nitrogen and oxygen atoms in total. The van der Waals surface area contributed by atoms with Gasteiger partial charge in [0.2, 0.25) is 5.91 Å². The van der Waals surface area contributed by atoms with Crippen molar-refractivity contribution in [3.8, 4) is 0 Å². The second kappa shape index (κ2) is 5.57. The molecule has 0 spiro atoms. The lowest BCUT2D eigenvalue weighted by atomic mass is 9.74. The Bertz CT molecular complexity index is 482. The van der Waals surface area contributed by atoms with Gasteiger partial charge in [0.25, 0.3) is 0 Å². The van der Waals surface area contributed by atoms with Gasteiger partial charge in [0.1, 0.15) is 0 Å². The highest BCUT2D eigenvalue weighted by atomic mass is 16.3. The molecule has 0 bridgehead atoms. The largest absolute Gasteiger partial charge is 0.393 e. The van der Waals surface area contributed by atoms with Crippen LogP contribution in [0.5, 0.6) is 0 Å². The van der Waals surface area contributed by atoms with Crippen molar-refractivity contribution in [2.24, 2.45) is 11.8 Å². The van der Waals surface area contributed by atoms with E-state index in [-0.39, 0.29) is 12.0 Å². The van der Waals surface area contributed by atoms with Crippen molar-refractivity contribution in [2.75, 3.05) is 13.1 Å². The normalized spacial score (nSPS) is 28.1. The zero-order valence-electron chi connectivity index (χ0n) is 12.1. The monoisotopic (exact) mass is 273 g/mol. The Morgan fingerprint density at radius 2 is 1.95 bits per heavy atom. The first kappa shape index (κ1) is 13.6. The highest BCUT2D eigenvalue weighted by Crippen LogP contribution is 2.40. The van der Waals surface area contributed by atoms with Crippen LogP contribution >= 0.6 is 0 Å². The fourth-order valence-electron chi connectivity index (χ4n) is 3.43. The zero-order chi connectivity index (χ0) is 14.1. The third kappa shape index (κ3) is 2.59. The standard InChI is InChI=1S/C17H23NO2/c1-2-12-3-5-13(6-4-12)7-8-17(20)18-10-14-9-16(19)15(14)11-18/h3-6,14-16,19H,2,7-11H2,1H3/t14-,15+,16-/m1/s1. The molecule has 3 rings (SSSR count). The second-order valence-electron chi connectivity index (χ2n) is 6.20. The number of hydrogen-bond donors (Lipinski definition) is 1. The number of amides is 1. The summed E-state index contributed by atoms with van der Waals surface area (Å²) in [5.74, 6) is 1.15. The molecule has 20 heavy (non-hydrogen) atoms. The third-order valence-electron chi connectivity index (χ3n) is 4.94. The first-order chi connectivity index (χ1) is 9.67. The molecule has 1 aliphatic carbocycles. The topological polar surface area (TPSA) is 40.5 Å². The van der Waals surface area contributed by atoms with Gasteiger partial charge in [0.05, 0.1) is 6.10 Å². The van der Waals surface area contributed by atoms with Crippen molar-refractivity contribution in [3.63, 3.8) is 0 Å². The first-order valence-electron chi connectivity index (χ1n) is 7.71. The molecule has 3 atom stereocenters. The van der Waals surface area contributed by atoms with E-state index in [1.165, 1.54) is 11.1 Å². The molecule has 1 N–H and O–H groups in total. The van der Waals surface area contributed by atoms with E-state index in [1.54, 1.807) is 0 Å². The molecule has 1 aliphatic heterocycles. The van der Waals surface area contributed by atoms with Gasteiger partial charge < -0.3 is 10.0 Å². The lowest BCUT2D eigenvalue weighted by molar-refractivity contribution is -0.130. The summed E-state index contributed by atoms with van der Waals surface area (Å²) in [6.07, 6.45) is 3.17. The van der Waals surface area contributed by atoms with Gasteiger partial charge >= 0.3 is 0 Å². The Labute approximate surface area is 120 Å². The fraction of sp³-hybridized carbons (Fsp3) is 0.588. The van der Waals surface area contributed by atoms with Crippen LogP contribution in [0.1, 0.15) is 30.9 Å². The van der Waals surface area contributed by atoms with Crippen LogP contribution in [0.3, 0.4) is 0 Å². The Morgan fingerprint density at radius 1 is 1.25 bits per heavy atom. The molecule has 1 heterocycles. The molecule has 1 amide bonds. The minimum atomic E-state index is -0.167. The summed E-state index contributed by atoms with van der Waals surface area (Å²) in [5, 5.41) is 9.64. The molecule has 1 aromatic rings. The zero-order valence-corrected chi connectivity index (χ0v) is 12.1. The quantitative estimate of drug-likeness (QED) is 0.912. The third-order valence-corrected chi connectivity index (χ3v) is 4.94. The van der Waals surface area contributed by atoms with E-state index < -0.39 is 0 Å². The number of likely N-dealkylation sites (tertiary alicyclic amines) is 1. The summed E-state index contributed by atoms with van der Waals surface area (Å²) < 4.78 is 0. The Morgan fingerprint density at radius 3 is 2.55 bits per heavy atom. The fourth-order valence-corrected chi connectivity index (χ4v) is 3.43. The van der Waals surface area contributed by atoms with Crippen LogP contribution in [-0.4, -0.2) is 35.1 Å². The molecule has 2 aliphatic rings. The molecule has 2 fully saturated rings. The molecule has 1 saturated heterocycles. The number of nitrogens with zero attached hydrogens (tertiary/aromatic N) is 1. The van der Waals surface area contributed by atoms with Gasteiger partial charge in [-0.3, -0.25) is 4.79 Å². The SMILES string of the molecule is CCc1ccc(CCC(=O)N2C[C@H]3C[C@@H](O)[C@H]3C2)cc1. The minimum Gasteiger partial charge on any atom is -0.393 e. The van der Waals surface area contributed by atoms with Gasteiger partial charge in [-0.05, 0) is 36.3 Å². The molecule has 0 aromatic heterocycles. The van der Waals surface area contributed by atoms with Crippen LogP contribution in [0.2, 0.25) is 0 Å². The van der Waals surface area contributed by atoms with E-state index in [0.29, 0.717) is 18.3 Å². The van der Waals surface area contributed by atoms with E-state index in [9.17, 15) is 9.90 Å². The maximum absolute atomic E-state index is 12.2. The molecule has 0 unspecified atom stereocenters. The summed E-state index contributed by atoms with van der Waals surface area (Å²) in [5.41, 5.74) is 2.57. The lowest BCUT2D eigenvalue weighted by Gasteiger charge is -2.34. The van der Waals surface area contributed by atoms with E-state index in [1.807, 2.05) is 4.90 Å². The van der Waals surface area contributed by atoms with Crippen LogP contribution in [0.25, 0.3) is 0 Å². The number of hydrogen-bond acceptors (Lipinski definition) is 2. The van der Waals surface area contributed by atoms with E-state index in [0.717, 1.165) is 32.4 Å². The number of carbonyl (C=O) groups is 1. The van der Waals surface area contributed by atoms with Gasteiger partial charge in [0.15, 0.2) is 0 Å². The molecule has 108 valence electrons. The molecular formula is C17H23NO2. The number of fused-ring (bicyclic) bond motifs is 1. The van der Waals surface area contributed by atoms with Crippen molar-refractivity contribution < 1.29 is 9.90 Å². The maximum Gasteiger partial charge on any atom is 0.222 e. The molecule has 1 aromatic carbocycles. The summed E-state index contributed by atoms with van der Waals surface area (Å²) in [4.78, 5) is 14.2. The number of rotatable bonds is 4. The highest BCUT2D eigenvalue weighted by molar-refractivity contribution is 5.76. The maximum atomic E-state index is 12.2. The van der Waals surface area contributed by atoms with Crippen molar-refractivity contribution in [2.45, 2.75) is 38.7 Å². The number of benzene rings is 1.